The SMILES string of the molecule is Cl.O=C(CN1CCNCC1=O)N1CCCCCC1. The summed E-state index contributed by atoms with van der Waals surface area (Å²) in [6, 6.07) is 0. The standard InChI is InChI=1S/C12H21N3O2.ClH/c16-11-9-13-5-8-15(11)10-12(17)14-6-3-1-2-4-7-14;/h13H,1-10H2;1H. The molecule has 0 bridgehead atoms. The van der Waals surface area contributed by atoms with Gasteiger partial charge in [0.1, 0.15) is 0 Å². The van der Waals surface area contributed by atoms with Crippen molar-refractivity contribution in [2.45, 2.75) is 25.7 Å². The van der Waals surface area contributed by atoms with Gasteiger partial charge in [0.15, 0.2) is 0 Å². The molecule has 2 saturated heterocycles. The number of nitrogens with one attached hydrogen (secondary N) is 1. The van der Waals surface area contributed by atoms with Gasteiger partial charge in [0.2, 0.25) is 11.8 Å². The Hall–Kier alpha value is -0.810. The average molecular weight is 276 g/mol. The van der Waals surface area contributed by atoms with Gasteiger partial charge in [0.05, 0.1) is 13.1 Å². The highest BCUT2D eigenvalue weighted by atomic mass is 35.5. The zero-order valence-corrected chi connectivity index (χ0v) is 11.5. The summed E-state index contributed by atoms with van der Waals surface area (Å²) in [5.74, 6) is 0.154. The minimum absolute atomic E-state index is 0. The summed E-state index contributed by atoms with van der Waals surface area (Å²) in [5.41, 5.74) is 0. The van der Waals surface area contributed by atoms with Crippen LogP contribution in [0.5, 0.6) is 0 Å². The normalized spacial score (nSPS) is 21.2. The van der Waals surface area contributed by atoms with Gasteiger partial charge >= 0.3 is 0 Å². The predicted octanol–water partition coefficient (Wildman–Crippen LogP) is 0.243. The van der Waals surface area contributed by atoms with Gasteiger partial charge in [-0.15, -0.1) is 12.4 Å². The summed E-state index contributed by atoms with van der Waals surface area (Å²) >= 11 is 0. The number of halogens is 1. The van der Waals surface area contributed by atoms with Gasteiger partial charge in [0.25, 0.3) is 0 Å². The number of rotatable bonds is 2. The average Bonchev–Trinajstić information content (AvgIpc) is 2.61. The second kappa shape index (κ2) is 7.59. The highest BCUT2D eigenvalue weighted by Gasteiger charge is 2.23. The van der Waals surface area contributed by atoms with Crippen LogP contribution in [0.15, 0.2) is 0 Å². The summed E-state index contributed by atoms with van der Waals surface area (Å²) in [6.45, 7) is 3.80. The van der Waals surface area contributed by atoms with Crippen molar-refractivity contribution >= 4 is 24.2 Å². The zero-order chi connectivity index (χ0) is 12.1. The van der Waals surface area contributed by atoms with E-state index in [1.807, 2.05) is 4.90 Å². The molecule has 0 radical (unpaired) electrons. The molecule has 2 fully saturated rings. The fourth-order valence-electron chi connectivity index (χ4n) is 2.40. The molecule has 2 rings (SSSR count). The Kier molecular flexibility index (Phi) is 6.43. The summed E-state index contributed by atoms with van der Waals surface area (Å²) in [6.07, 6.45) is 4.63. The van der Waals surface area contributed by atoms with Crippen LogP contribution in [0.3, 0.4) is 0 Å². The minimum atomic E-state index is 0. The first-order valence-electron chi connectivity index (χ1n) is 6.53. The van der Waals surface area contributed by atoms with Crippen LogP contribution in [-0.4, -0.2) is 60.9 Å². The first kappa shape index (κ1) is 15.2. The molecule has 0 aromatic carbocycles. The Morgan fingerprint density at radius 2 is 1.78 bits per heavy atom. The zero-order valence-electron chi connectivity index (χ0n) is 10.7. The van der Waals surface area contributed by atoms with E-state index in [1.165, 1.54) is 12.8 Å². The van der Waals surface area contributed by atoms with Gasteiger partial charge in [-0.25, -0.2) is 0 Å². The first-order chi connectivity index (χ1) is 8.27. The molecule has 0 aromatic heterocycles. The lowest BCUT2D eigenvalue weighted by molar-refractivity contribution is -0.141. The monoisotopic (exact) mass is 275 g/mol. The summed E-state index contributed by atoms with van der Waals surface area (Å²) in [5, 5.41) is 3.01. The molecule has 2 amide bonds. The van der Waals surface area contributed by atoms with E-state index >= 15 is 0 Å². The fourth-order valence-corrected chi connectivity index (χ4v) is 2.40. The van der Waals surface area contributed by atoms with Crippen molar-refractivity contribution in [3.63, 3.8) is 0 Å². The van der Waals surface area contributed by atoms with Crippen molar-refractivity contribution in [2.24, 2.45) is 0 Å². The molecule has 0 spiro atoms. The van der Waals surface area contributed by atoms with Gasteiger partial charge in [-0.1, -0.05) is 12.8 Å². The number of carbonyl (C=O) groups is 2. The molecular formula is C12H22ClN3O2. The number of nitrogens with zero attached hydrogens (tertiary/aromatic N) is 2. The Balaban J connectivity index is 0.00000162. The quantitative estimate of drug-likeness (QED) is 0.786. The lowest BCUT2D eigenvalue weighted by Crippen LogP contribution is -2.52. The predicted molar refractivity (Wildman–Crippen MR) is 71.7 cm³/mol. The summed E-state index contributed by atoms with van der Waals surface area (Å²) in [7, 11) is 0. The minimum Gasteiger partial charge on any atom is -0.341 e. The van der Waals surface area contributed by atoms with Crippen molar-refractivity contribution < 1.29 is 9.59 Å². The van der Waals surface area contributed by atoms with Gasteiger partial charge in [-0.3, -0.25) is 9.59 Å². The third-order valence-electron chi connectivity index (χ3n) is 3.47. The van der Waals surface area contributed by atoms with E-state index in [4.69, 9.17) is 0 Å². The van der Waals surface area contributed by atoms with Gasteiger partial charge in [-0.2, -0.15) is 0 Å². The maximum Gasteiger partial charge on any atom is 0.242 e. The lowest BCUT2D eigenvalue weighted by atomic mass is 10.2. The molecule has 1 N–H and O–H groups in total. The topological polar surface area (TPSA) is 52.7 Å². The third-order valence-corrected chi connectivity index (χ3v) is 3.47. The molecule has 0 saturated carbocycles. The Bertz CT molecular complexity index is 291. The van der Waals surface area contributed by atoms with Gasteiger partial charge in [0, 0.05) is 26.2 Å². The van der Waals surface area contributed by atoms with Crippen molar-refractivity contribution in [3.8, 4) is 0 Å². The molecule has 18 heavy (non-hydrogen) atoms. The van der Waals surface area contributed by atoms with Crippen molar-refractivity contribution in [1.82, 2.24) is 15.1 Å². The number of hydrogen-bond acceptors (Lipinski definition) is 3. The second-order valence-electron chi connectivity index (χ2n) is 4.79. The Morgan fingerprint density at radius 3 is 2.39 bits per heavy atom. The summed E-state index contributed by atoms with van der Waals surface area (Å²) < 4.78 is 0. The van der Waals surface area contributed by atoms with Crippen LogP contribution in [0.1, 0.15) is 25.7 Å². The molecule has 0 unspecified atom stereocenters. The van der Waals surface area contributed by atoms with E-state index in [2.05, 4.69) is 5.32 Å². The highest BCUT2D eigenvalue weighted by molar-refractivity contribution is 5.86. The molecule has 0 aromatic rings. The molecule has 0 atom stereocenters. The maximum absolute atomic E-state index is 12.1. The molecule has 2 aliphatic rings. The van der Waals surface area contributed by atoms with Crippen molar-refractivity contribution in [3.05, 3.63) is 0 Å². The van der Waals surface area contributed by atoms with Crippen LogP contribution in [0.25, 0.3) is 0 Å². The summed E-state index contributed by atoms with van der Waals surface area (Å²) in [4.78, 5) is 27.2. The van der Waals surface area contributed by atoms with Crippen LogP contribution < -0.4 is 5.32 Å². The van der Waals surface area contributed by atoms with E-state index in [9.17, 15) is 9.59 Å². The lowest BCUT2D eigenvalue weighted by Gasteiger charge is -2.29. The van der Waals surface area contributed by atoms with Crippen LogP contribution >= 0.6 is 12.4 Å². The number of hydrogen-bond donors (Lipinski definition) is 1. The molecule has 0 aliphatic carbocycles. The van der Waals surface area contributed by atoms with Crippen LogP contribution in [-0.2, 0) is 9.59 Å². The van der Waals surface area contributed by atoms with Crippen molar-refractivity contribution in [1.29, 1.82) is 0 Å². The first-order valence-corrected chi connectivity index (χ1v) is 6.53. The number of likely N-dealkylation sites (tertiary alicyclic amines) is 1. The largest absolute Gasteiger partial charge is 0.341 e. The second-order valence-corrected chi connectivity index (χ2v) is 4.79. The molecule has 104 valence electrons. The van der Waals surface area contributed by atoms with Gasteiger partial charge < -0.3 is 15.1 Å². The van der Waals surface area contributed by atoms with Crippen LogP contribution in [0.2, 0.25) is 0 Å². The molecule has 2 heterocycles. The van der Waals surface area contributed by atoms with E-state index in [1.54, 1.807) is 4.90 Å². The van der Waals surface area contributed by atoms with Crippen LogP contribution in [0.4, 0.5) is 0 Å². The fraction of sp³-hybridized carbons (Fsp3) is 0.833. The molecular weight excluding hydrogens is 254 g/mol. The van der Waals surface area contributed by atoms with E-state index in [0.29, 0.717) is 13.1 Å². The van der Waals surface area contributed by atoms with Crippen LogP contribution in [0, 0.1) is 0 Å². The Labute approximate surface area is 114 Å². The van der Waals surface area contributed by atoms with E-state index in [-0.39, 0.29) is 30.8 Å². The third kappa shape index (κ3) is 4.14. The molecule has 2 aliphatic heterocycles. The molecule has 6 heteroatoms. The number of piperazine rings is 1. The van der Waals surface area contributed by atoms with E-state index in [0.717, 1.165) is 32.5 Å². The Morgan fingerprint density at radius 1 is 1.11 bits per heavy atom. The number of amides is 2. The molecule has 5 nitrogen and oxygen atoms in total. The highest BCUT2D eigenvalue weighted by Crippen LogP contribution is 2.10. The number of carbonyl (C=O) groups excluding carboxylic acids is 2. The van der Waals surface area contributed by atoms with E-state index < -0.39 is 0 Å². The van der Waals surface area contributed by atoms with Crippen molar-refractivity contribution in [2.75, 3.05) is 39.3 Å². The van der Waals surface area contributed by atoms with Gasteiger partial charge in [-0.05, 0) is 12.8 Å². The maximum atomic E-state index is 12.1. The smallest absolute Gasteiger partial charge is 0.242 e.